The molecule has 0 bridgehead atoms. The van der Waals surface area contributed by atoms with E-state index >= 15 is 0 Å². The lowest BCUT2D eigenvalue weighted by Crippen LogP contribution is -2.54. The number of hydrazine groups is 1. The normalized spacial score (nSPS) is 27.0. The van der Waals surface area contributed by atoms with Gasteiger partial charge in [0.15, 0.2) is 0 Å². The van der Waals surface area contributed by atoms with E-state index in [-0.39, 0.29) is 30.5 Å². The van der Waals surface area contributed by atoms with Crippen LogP contribution < -0.4 is 5.73 Å². The third-order valence-corrected chi connectivity index (χ3v) is 5.63. The van der Waals surface area contributed by atoms with Gasteiger partial charge in [0.25, 0.3) is 0 Å². The van der Waals surface area contributed by atoms with Crippen LogP contribution >= 0.6 is 0 Å². The predicted octanol–water partition coefficient (Wildman–Crippen LogP) is 0.694. The standard InChI is InChI=1S/C12H21F3N4O2S/c1-8-10(12(13,14)15)17(2)19(11(8)16)9-4-6-18(7-5-9)22(3,20)21/h9-10H,4-7,16H2,1-3H3. The van der Waals surface area contributed by atoms with Gasteiger partial charge in [-0.1, -0.05) is 0 Å². The molecule has 0 radical (unpaired) electrons. The van der Waals surface area contributed by atoms with Crippen molar-refractivity contribution < 1.29 is 21.6 Å². The Labute approximate surface area is 128 Å². The summed E-state index contributed by atoms with van der Waals surface area (Å²) in [5.41, 5.74) is 5.97. The second kappa shape index (κ2) is 5.57. The second-order valence-corrected chi connectivity index (χ2v) is 7.81. The lowest BCUT2D eigenvalue weighted by molar-refractivity contribution is -0.195. The zero-order valence-corrected chi connectivity index (χ0v) is 13.6. The molecule has 1 fully saturated rings. The summed E-state index contributed by atoms with van der Waals surface area (Å²) in [6.45, 7) is 1.96. The fourth-order valence-corrected chi connectivity index (χ4v) is 4.10. The van der Waals surface area contributed by atoms with Gasteiger partial charge in [0.1, 0.15) is 11.9 Å². The van der Waals surface area contributed by atoms with Crippen molar-refractivity contribution in [3.8, 4) is 0 Å². The lowest BCUT2D eigenvalue weighted by Gasteiger charge is -2.41. The van der Waals surface area contributed by atoms with Gasteiger partial charge >= 0.3 is 6.18 Å². The minimum absolute atomic E-state index is 0.0838. The van der Waals surface area contributed by atoms with Gasteiger partial charge in [-0.15, -0.1) is 0 Å². The number of sulfonamides is 1. The molecule has 1 atom stereocenters. The average molecular weight is 342 g/mol. The highest BCUT2D eigenvalue weighted by Gasteiger charge is 2.51. The highest BCUT2D eigenvalue weighted by atomic mass is 32.2. The van der Waals surface area contributed by atoms with Crippen LogP contribution in [-0.2, 0) is 10.0 Å². The number of halogens is 3. The highest BCUT2D eigenvalue weighted by Crippen LogP contribution is 2.38. The lowest BCUT2D eigenvalue weighted by atomic mass is 10.1. The van der Waals surface area contributed by atoms with Crippen molar-refractivity contribution in [3.05, 3.63) is 11.4 Å². The monoisotopic (exact) mass is 342 g/mol. The molecule has 128 valence electrons. The minimum atomic E-state index is -4.40. The van der Waals surface area contributed by atoms with Crippen molar-refractivity contribution >= 4 is 10.0 Å². The van der Waals surface area contributed by atoms with Crippen LogP contribution in [0, 0.1) is 0 Å². The number of rotatable bonds is 2. The topological polar surface area (TPSA) is 69.9 Å². The first kappa shape index (κ1) is 17.4. The summed E-state index contributed by atoms with van der Waals surface area (Å²) in [5.74, 6) is 0.114. The molecular formula is C12H21F3N4O2S. The SMILES string of the molecule is CC1=C(N)N(C2CCN(S(C)(=O)=O)CC2)N(C)C1C(F)(F)F. The average Bonchev–Trinajstić information content (AvgIpc) is 2.59. The molecule has 10 heteroatoms. The number of likely N-dealkylation sites (N-methyl/N-ethyl adjacent to an activating group) is 1. The molecule has 1 unspecified atom stereocenters. The number of piperidine rings is 1. The van der Waals surface area contributed by atoms with Crippen LogP contribution in [0.3, 0.4) is 0 Å². The van der Waals surface area contributed by atoms with Crippen molar-refractivity contribution in [1.82, 2.24) is 14.3 Å². The van der Waals surface area contributed by atoms with E-state index in [0.29, 0.717) is 12.8 Å². The molecule has 0 aromatic heterocycles. The van der Waals surface area contributed by atoms with E-state index in [1.807, 2.05) is 0 Å². The summed E-state index contributed by atoms with van der Waals surface area (Å²) in [6, 6.07) is -1.95. The van der Waals surface area contributed by atoms with E-state index in [1.165, 1.54) is 23.3 Å². The molecule has 1 saturated heterocycles. The van der Waals surface area contributed by atoms with Crippen molar-refractivity contribution in [2.45, 2.75) is 38.0 Å². The number of hydrogen-bond acceptors (Lipinski definition) is 5. The van der Waals surface area contributed by atoms with E-state index < -0.39 is 22.2 Å². The Kier molecular flexibility index (Phi) is 4.39. The fourth-order valence-electron chi connectivity index (χ4n) is 3.23. The molecule has 2 aliphatic rings. The molecule has 0 saturated carbocycles. The smallest absolute Gasteiger partial charge is 0.384 e. The third kappa shape index (κ3) is 3.04. The molecule has 0 amide bonds. The largest absolute Gasteiger partial charge is 0.409 e. The van der Waals surface area contributed by atoms with E-state index in [2.05, 4.69) is 0 Å². The summed E-state index contributed by atoms with van der Waals surface area (Å²) >= 11 is 0. The van der Waals surface area contributed by atoms with Crippen molar-refractivity contribution in [2.24, 2.45) is 5.73 Å². The first-order valence-corrected chi connectivity index (χ1v) is 8.79. The van der Waals surface area contributed by atoms with Crippen molar-refractivity contribution in [2.75, 3.05) is 26.4 Å². The Morgan fingerprint density at radius 3 is 2.09 bits per heavy atom. The highest BCUT2D eigenvalue weighted by molar-refractivity contribution is 7.88. The van der Waals surface area contributed by atoms with E-state index in [1.54, 1.807) is 0 Å². The van der Waals surface area contributed by atoms with E-state index in [4.69, 9.17) is 5.73 Å². The summed E-state index contributed by atoms with van der Waals surface area (Å²) in [7, 11) is -1.90. The Bertz CT molecular complexity index is 567. The fraction of sp³-hybridized carbons (Fsp3) is 0.833. The van der Waals surface area contributed by atoms with Crippen LogP contribution in [0.1, 0.15) is 19.8 Å². The van der Waals surface area contributed by atoms with Crippen LogP contribution in [0.25, 0.3) is 0 Å². The Balaban J connectivity index is 2.15. The van der Waals surface area contributed by atoms with Crippen molar-refractivity contribution in [1.29, 1.82) is 0 Å². The van der Waals surface area contributed by atoms with Crippen molar-refractivity contribution in [3.63, 3.8) is 0 Å². The van der Waals surface area contributed by atoms with Gasteiger partial charge < -0.3 is 5.73 Å². The zero-order chi connectivity index (χ0) is 16.9. The maximum Gasteiger partial charge on any atom is 0.409 e. The Hall–Kier alpha value is -1.00. The first-order valence-electron chi connectivity index (χ1n) is 6.94. The molecule has 0 spiro atoms. The molecule has 0 aromatic carbocycles. The molecule has 2 rings (SSSR count). The van der Waals surface area contributed by atoms with E-state index in [9.17, 15) is 21.6 Å². The molecule has 2 heterocycles. The molecule has 2 N–H and O–H groups in total. The molecule has 22 heavy (non-hydrogen) atoms. The van der Waals surface area contributed by atoms with Crippen LogP contribution in [-0.4, -0.2) is 67.4 Å². The van der Waals surface area contributed by atoms with Gasteiger partial charge in [-0.2, -0.15) is 13.2 Å². The van der Waals surface area contributed by atoms with Gasteiger partial charge in [0.05, 0.1) is 6.26 Å². The number of alkyl halides is 3. The van der Waals surface area contributed by atoms with Gasteiger partial charge in [0.2, 0.25) is 10.0 Å². The first-order chi connectivity index (χ1) is 9.94. The summed E-state index contributed by atoms with van der Waals surface area (Å²) in [4.78, 5) is 0. The summed E-state index contributed by atoms with van der Waals surface area (Å²) in [5, 5.41) is 2.58. The quantitative estimate of drug-likeness (QED) is 0.800. The van der Waals surface area contributed by atoms with Crippen LogP contribution in [0.5, 0.6) is 0 Å². The van der Waals surface area contributed by atoms with Gasteiger partial charge in [-0.05, 0) is 25.3 Å². The van der Waals surface area contributed by atoms with Gasteiger partial charge in [-0.25, -0.2) is 17.7 Å². The van der Waals surface area contributed by atoms with Crippen LogP contribution in [0.15, 0.2) is 11.4 Å². The van der Waals surface area contributed by atoms with Gasteiger partial charge in [-0.3, -0.25) is 5.01 Å². The van der Waals surface area contributed by atoms with Gasteiger partial charge in [0, 0.05) is 26.2 Å². The maximum absolute atomic E-state index is 13.1. The summed E-state index contributed by atoms with van der Waals surface area (Å²) < 4.78 is 63.8. The predicted molar refractivity (Wildman–Crippen MR) is 75.8 cm³/mol. The zero-order valence-electron chi connectivity index (χ0n) is 12.8. The molecule has 0 aliphatic carbocycles. The maximum atomic E-state index is 13.1. The molecule has 6 nitrogen and oxygen atoms in total. The Morgan fingerprint density at radius 2 is 1.73 bits per heavy atom. The molecule has 2 aliphatic heterocycles. The van der Waals surface area contributed by atoms with Crippen LogP contribution in [0.4, 0.5) is 13.2 Å². The minimum Gasteiger partial charge on any atom is -0.384 e. The van der Waals surface area contributed by atoms with E-state index in [0.717, 1.165) is 11.3 Å². The second-order valence-electron chi connectivity index (χ2n) is 5.82. The number of nitrogens with two attached hydrogens (primary N) is 1. The third-order valence-electron chi connectivity index (χ3n) is 4.32. The molecule has 0 aromatic rings. The Morgan fingerprint density at radius 1 is 1.23 bits per heavy atom. The summed E-state index contributed by atoms with van der Waals surface area (Å²) in [6.07, 6.45) is -2.38. The molecular weight excluding hydrogens is 321 g/mol. The van der Waals surface area contributed by atoms with Crippen LogP contribution in [0.2, 0.25) is 0 Å². The number of nitrogens with zero attached hydrogens (tertiary/aromatic N) is 3. The number of hydrogen-bond donors (Lipinski definition) is 1.